The Kier molecular flexibility index (Phi) is 8.18. The molecule has 1 fully saturated rings. The van der Waals surface area contributed by atoms with Crippen molar-refractivity contribution in [3.8, 4) is 11.1 Å². The lowest BCUT2D eigenvalue weighted by Crippen LogP contribution is -2.58. The molecule has 0 bridgehead atoms. The van der Waals surface area contributed by atoms with Crippen LogP contribution in [0.2, 0.25) is 0 Å². The van der Waals surface area contributed by atoms with Gasteiger partial charge in [0.05, 0.1) is 24.4 Å². The first-order chi connectivity index (χ1) is 19.5. The van der Waals surface area contributed by atoms with Crippen molar-refractivity contribution < 1.29 is 33.8 Å². The minimum Gasteiger partial charge on any atom is -0.478 e. The van der Waals surface area contributed by atoms with Crippen LogP contribution in [-0.4, -0.2) is 66.9 Å². The summed E-state index contributed by atoms with van der Waals surface area (Å²) in [5.74, 6) is -1.50. The van der Waals surface area contributed by atoms with Gasteiger partial charge in [-0.2, -0.15) is 0 Å². The fourth-order valence-corrected chi connectivity index (χ4v) is 5.17. The van der Waals surface area contributed by atoms with E-state index >= 15 is 0 Å². The highest BCUT2D eigenvalue weighted by atomic mass is 16.6. The minimum atomic E-state index is -1.08. The van der Waals surface area contributed by atoms with Gasteiger partial charge in [-0.15, -0.1) is 0 Å². The van der Waals surface area contributed by atoms with Crippen LogP contribution < -0.4 is 10.3 Å². The van der Waals surface area contributed by atoms with Gasteiger partial charge in [0.15, 0.2) is 0 Å². The van der Waals surface area contributed by atoms with E-state index in [0.29, 0.717) is 18.5 Å². The predicted octanol–water partition coefficient (Wildman–Crippen LogP) is 3.81. The normalized spacial score (nSPS) is 16.4. The van der Waals surface area contributed by atoms with Crippen molar-refractivity contribution in [2.45, 2.75) is 25.0 Å². The van der Waals surface area contributed by atoms with Crippen LogP contribution in [0, 0.1) is 0 Å². The summed E-state index contributed by atoms with van der Waals surface area (Å²) in [7, 11) is 0. The molecule has 2 amide bonds. The smallest absolute Gasteiger partial charge is 0.409 e. The zero-order valence-corrected chi connectivity index (χ0v) is 21.7. The van der Waals surface area contributed by atoms with E-state index < -0.39 is 18.3 Å². The minimum absolute atomic E-state index is 0.0218. The van der Waals surface area contributed by atoms with Crippen molar-refractivity contribution >= 4 is 29.9 Å². The van der Waals surface area contributed by atoms with Crippen LogP contribution in [0.1, 0.15) is 40.2 Å². The molecule has 0 radical (unpaired) electrons. The number of carboxylic acids is 1. The standard InChI is InChI=1S/C30H29N3O7/c34-16-5-10-28(35)33(21-13-11-20(12-14-21)29(36)37)32-15-17-39-27(18-32)31-30(38)40-19-26-24-8-3-1-6-22(24)23-7-2-4-9-25(23)26/h1-4,6-9,11-14,16,26-27H,5,10,15,17-19H2,(H,31,38)(H,36,37). The summed E-state index contributed by atoms with van der Waals surface area (Å²) in [6, 6.07) is 22.0. The number of hydrogen-bond donors (Lipinski definition) is 2. The van der Waals surface area contributed by atoms with E-state index in [0.717, 1.165) is 22.3 Å². The van der Waals surface area contributed by atoms with Gasteiger partial charge in [-0.25, -0.2) is 19.6 Å². The number of carbonyl (C=O) groups is 4. The number of anilines is 1. The second kappa shape index (κ2) is 12.1. The molecule has 0 spiro atoms. The molecule has 206 valence electrons. The quantitative estimate of drug-likeness (QED) is 0.391. The van der Waals surface area contributed by atoms with Crippen molar-refractivity contribution in [3.05, 3.63) is 89.5 Å². The Morgan fingerprint density at radius 3 is 2.27 bits per heavy atom. The molecule has 2 N–H and O–H groups in total. The van der Waals surface area contributed by atoms with Gasteiger partial charge >= 0.3 is 12.1 Å². The average molecular weight is 544 g/mol. The highest BCUT2D eigenvalue weighted by Gasteiger charge is 2.32. The summed E-state index contributed by atoms with van der Waals surface area (Å²) in [5.41, 5.74) is 5.01. The number of carbonyl (C=O) groups excluding carboxylic acids is 3. The van der Waals surface area contributed by atoms with E-state index in [1.807, 2.05) is 36.4 Å². The second-order valence-corrected chi connectivity index (χ2v) is 9.50. The molecule has 2 aliphatic rings. The van der Waals surface area contributed by atoms with Crippen LogP contribution in [0.5, 0.6) is 0 Å². The lowest BCUT2D eigenvalue weighted by atomic mass is 9.98. The molecule has 10 heteroatoms. The summed E-state index contributed by atoms with van der Waals surface area (Å²) in [6.07, 6.45) is -0.701. The number of nitrogens with one attached hydrogen (secondary N) is 1. The molecule has 1 aliphatic carbocycles. The van der Waals surface area contributed by atoms with Crippen LogP contribution in [0.25, 0.3) is 11.1 Å². The summed E-state index contributed by atoms with van der Waals surface area (Å²) in [6.45, 7) is 0.857. The predicted molar refractivity (Wildman–Crippen MR) is 146 cm³/mol. The fourth-order valence-electron chi connectivity index (χ4n) is 5.17. The van der Waals surface area contributed by atoms with Crippen molar-refractivity contribution in [2.75, 3.05) is 31.3 Å². The average Bonchev–Trinajstić information content (AvgIpc) is 3.29. The number of hydrazine groups is 1. The molecule has 1 heterocycles. The molecule has 1 aliphatic heterocycles. The third kappa shape index (κ3) is 5.73. The lowest BCUT2D eigenvalue weighted by Gasteiger charge is -2.40. The molecular formula is C30H29N3O7. The van der Waals surface area contributed by atoms with E-state index in [1.165, 1.54) is 29.3 Å². The van der Waals surface area contributed by atoms with Gasteiger partial charge in [0.25, 0.3) is 0 Å². The van der Waals surface area contributed by atoms with Crippen molar-refractivity contribution in [1.29, 1.82) is 0 Å². The third-order valence-corrected chi connectivity index (χ3v) is 7.02. The van der Waals surface area contributed by atoms with Gasteiger partial charge < -0.3 is 19.4 Å². The summed E-state index contributed by atoms with van der Waals surface area (Å²) in [4.78, 5) is 48.0. The van der Waals surface area contributed by atoms with Crippen LogP contribution in [0.15, 0.2) is 72.8 Å². The molecule has 1 unspecified atom stereocenters. The monoisotopic (exact) mass is 543 g/mol. The Hall–Kier alpha value is -4.54. The number of benzene rings is 3. The fraction of sp³-hybridized carbons (Fsp3) is 0.267. The molecule has 0 aromatic heterocycles. The Balaban J connectivity index is 1.24. The number of aromatic carboxylic acids is 1. The van der Waals surface area contributed by atoms with Crippen LogP contribution in [-0.2, 0) is 19.1 Å². The van der Waals surface area contributed by atoms with E-state index in [4.69, 9.17) is 9.47 Å². The lowest BCUT2D eigenvalue weighted by molar-refractivity contribution is -0.125. The summed E-state index contributed by atoms with van der Waals surface area (Å²) in [5, 5.41) is 15.1. The van der Waals surface area contributed by atoms with E-state index in [-0.39, 0.29) is 50.0 Å². The topological polar surface area (TPSA) is 125 Å². The maximum atomic E-state index is 13.1. The number of aldehydes is 1. The first kappa shape index (κ1) is 27.0. The van der Waals surface area contributed by atoms with E-state index in [1.54, 1.807) is 5.01 Å². The van der Waals surface area contributed by atoms with Gasteiger partial charge in [-0.05, 0) is 46.5 Å². The first-order valence-electron chi connectivity index (χ1n) is 13.0. The summed E-state index contributed by atoms with van der Waals surface area (Å²) < 4.78 is 11.4. The molecule has 10 nitrogen and oxygen atoms in total. The highest BCUT2D eigenvalue weighted by molar-refractivity contribution is 5.94. The maximum Gasteiger partial charge on any atom is 0.409 e. The molecule has 3 aromatic rings. The number of ether oxygens (including phenoxy) is 2. The SMILES string of the molecule is O=CCCC(=O)N(c1ccc(C(=O)O)cc1)N1CCOC(NC(=O)OCC2c3ccccc3-c3ccccc32)C1. The number of amides is 2. The van der Waals surface area contributed by atoms with Crippen molar-refractivity contribution in [3.63, 3.8) is 0 Å². The van der Waals surface area contributed by atoms with Gasteiger partial charge in [0.1, 0.15) is 19.1 Å². The number of carboxylic acid groups (broad SMARTS) is 1. The molecule has 5 rings (SSSR count). The Morgan fingerprint density at radius 2 is 1.65 bits per heavy atom. The molecule has 1 atom stereocenters. The van der Waals surface area contributed by atoms with Gasteiger partial charge in [0.2, 0.25) is 5.91 Å². The van der Waals surface area contributed by atoms with Crippen molar-refractivity contribution in [1.82, 2.24) is 10.3 Å². The molecule has 3 aromatic carbocycles. The van der Waals surface area contributed by atoms with Crippen molar-refractivity contribution in [2.24, 2.45) is 0 Å². The molecule has 1 saturated heterocycles. The number of fused-ring (bicyclic) bond motifs is 3. The Bertz CT molecular complexity index is 1360. The van der Waals surface area contributed by atoms with Crippen LogP contribution in [0.4, 0.5) is 10.5 Å². The molecule has 0 saturated carbocycles. The van der Waals surface area contributed by atoms with Crippen LogP contribution >= 0.6 is 0 Å². The van der Waals surface area contributed by atoms with Crippen LogP contribution in [0.3, 0.4) is 0 Å². The highest BCUT2D eigenvalue weighted by Crippen LogP contribution is 2.44. The number of alkyl carbamates (subject to hydrolysis) is 1. The number of nitrogens with zero attached hydrogens (tertiary/aromatic N) is 2. The largest absolute Gasteiger partial charge is 0.478 e. The number of rotatable bonds is 9. The number of hydrogen-bond acceptors (Lipinski definition) is 7. The maximum absolute atomic E-state index is 13.1. The van der Waals surface area contributed by atoms with Gasteiger partial charge in [-0.3, -0.25) is 10.1 Å². The molecular weight excluding hydrogens is 514 g/mol. The van der Waals surface area contributed by atoms with Gasteiger partial charge in [-0.1, -0.05) is 48.5 Å². The first-order valence-corrected chi connectivity index (χ1v) is 13.0. The van der Waals surface area contributed by atoms with E-state index in [2.05, 4.69) is 17.4 Å². The molecule has 40 heavy (non-hydrogen) atoms. The van der Waals surface area contributed by atoms with E-state index in [9.17, 15) is 24.3 Å². The van der Waals surface area contributed by atoms with Gasteiger partial charge in [0, 0.05) is 25.3 Å². The summed E-state index contributed by atoms with van der Waals surface area (Å²) >= 11 is 0. The Labute approximate surface area is 231 Å². The zero-order valence-electron chi connectivity index (χ0n) is 21.7. The Morgan fingerprint density at radius 1 is 1.00 bits per heavy atom. The third-order valence-electron chi connectivity index (χ3n) is 7.02. The second-order valence-electron chi connectivity index (χ2n) is 9.50. The zero-order chi connectivity index (χ0) is 28.1. The number of morpholine rings is 1.